The lowest BCUT2D eigenvalue weighted by Crippen LogP contribution is -2.46. The molecule has 4 rings (SSSR count). The minimum atomic E-state index is 0.00742. The second-order valence-electron chi connectivity index (χ2n) is 6.82. The quantitative estimate of drug-likeness (QED) is 0.895. The van der Waals surface area contributed by atoms with Crippen LogP contribution in [0.1, 0.15) is 23.2 Å². The van der Waals surface area contributed by atoms with Gasteiger partial charge in [0.25, 0.3) is 5.91 Å². The Hall–Kier alpha value is -2.76. The molecule has 26 heavy (non-hydrogen) atoms. The van der Waals surface area contributed by atoms with E-state index in [1.165, 1.54) is 5.69 Å². The highest BCUT2D eigenvalue weighted by Gasteiger charge is 2.24. The number of aromatic nitrogens is 1. The summed E-state index contributed by atoms with van der Waals surface area (Å²) < 4.78 is 5.22. The van der Waals surface area contributed by atoms with Crippen LogP contribution in [0.5, 0.6) is 5.75 Å². The van der Waals surface area contributed by atoms with E-state index in [0.717, 1.165) is 50.6 Å². The first-order valence-corrected chi connectivity index (χ1v) is 9.14. The first-order valence-electron chi connectivity index (χ1n) is 9.14. The zero-order chi connectivity index (χ0) is 17.9. The van der Waals surface area contributed by atoms with Crippen LogP contribution in [-0.4, -0.2) is 50.2 Å². The van der Waals surface area contributed by atoms with E-state index in [1.807, 2.05) is 18.2 Å². The number of nitrogens with zero attached hydrogens (tertiary/aromatic N) is 3. The van der Waals surface area contributed by atoms with Gasteiger partial charge in [-0.1, -0.05) is 0 Å². The average molecular weight is 352 g/mol. The minimum absolute atomic E-state index is 0.00742. The van der Waals surface area contributed by atoms with Gasteiger partial charge >= 0.3 is 0 Å². The number of pyridine rings is 1. The fraction of sp³-hybridized carbons (Fsp3) is 0.400. The third-order valence-corrected chi connectivity index (χ3v) is 4.96. The van der Waals surface area contributed by atoms with Gasteiger partial charge in [-0.25, -0.2) is 4.98 Å². The minimum Gasteiger partial charge on any atom is -0.497 e. The number of amides is 1. The molecule has 0 atom stereocenters. The molecule has 1 aromatic heterocycles. The van der Waals surface area contributed by atoms with Crippen LogP contribution in [0.3, 0.4) is 0 Å². The van der Waals surface area contributed by atoms with E-state index in [-0.39, 0.29) is 5.91 Å². The maximum atomic E-state index is 12.2. The number of benzene rings is 1. The van der Waals surface area contributed by atoms with Crippen molar-refractivity contribution in [3.8, 4) is 5.75 Å². The van der Waals surface area contributed by atoms with Crippen LogP contribution in [0.15, 0.2) is 42.6 Å². The summed E-state index contributed by atoms with van der Waals surface area (Å²) >= 11 is 0. The second kappa shape index (κ2) is 7.23. The zero-order valence-corrected chi connectivity index (χ0v) is 15.0. The molecule has 1 aromatic carbocycles. The molecule has 6 heteroatoms. The van der Waals surface area contributed by atoms with Gasteiger partial charge in [-0.3, -0.25) is 4.79 Å². The molecule has 0 spiro atoms. The number of carbonyl (C=O) groups excluding carboxylic acids is 1. The average Bonchev–Trinajstić information content (AvgIpc) is 3.52. The highest BCUT2D eigenvalue weighted by atomic mass is 16.5. The number of methoxy groups -OCH3 is 1. The normalized spacial score (nSPS) is 17.1. The molecule has 1 aliphatic carbocycles. The molecular formula is C20H24N4O2. The van der Waals surface area contributed by atoms with Gasteiger partial charge < -0.3 is 19.9 Å². The van der Waals surface area contributed by atoms with Crippen molar-refractivity contribution in [2.24, 2.45) is 0 Å². The number of ether oxygens (including phenoxy) is 1. The van der Waals surface area contributed by atoms with Gasteiger partial charge in [0.15, 0.2) is 0 Å². The Labute approximate surface area is 153 Å². The van der Waals surface area contributed by atoms with Crippen LogP contribution in [0, 0.1) is 0 Å². The summed E-state index contributed by atoms with van der Waals surface area (Å²) in [5.41, 5.74) is 1.90. The van der Waals surface area contributed by atoms with Crippen LogP contribution >= 0.6 is 0 Å². The summed E-state index contributed by atoms with van der Waals surface area (Å²) in [4.78, 5) is 21.3. The summed E-state index contributed by atoms with van der Waals surface area (Å²) in [5.74, 6) is 1.76. The number of nitrogens with one attached hydrogen (secondary N) is 1. The van der Waals surface area contributed by atoms with Crippen molar-refractivity contribution in [3.63, 3.8) is 0 Å². The molecule has 1 saturated heterocycles. The van der Waals surface area contributed by atoms with Crippen molar-refractivity contribution in [3.05, 3.63) is 48.2 Å². The molecule has 136 valence electrons. The lowest BCUT2D eigenvalue weighted by molar-refractivity contribution is 0.0951. The molecule has 1 aliphatic heterocycles. The van der Waals surface area contributed by atoms with E-state index >= 15 is 0 Å². The van der Waals surface area contributed by atoms with Crippen molar-refractivity contribution < 1.29 is 9.53 Å². The standard InChI is InChI=1S/C20H24N4O2/c1-26-18-6-4-17(5-7-18)23-10-12-24(13-11-23)19-14-15(8-9-21-19)20(25)22-16-2-3-16/h4-9,14,16H,2-3,10-13H2,1H3,(H,22,25). The van der Waals surface area contributed by atoms with E-state index in [9.17, 15) is 4.79 Å². The molecule has 0 radical (unpaired) electrons. The molecule has 1 saturated carbocycles. The van der Waals surface area contributed by atoms with Gasteiger partial charge in [0, 0.05) is 49.7 Å². The van der Waals surface area contributed by atoms with E-state index < -0.39 is 0 Å². The Balaban J connectivity index is 1.38. The Kier molecular flexibility index (Phi) is 4.65. The zero-order valence-electron chi connectivity index (χ0n) is 15.0. The number of rotatable bonds is 5. The van der Waals surface area contributed by atoms with Crippen molar-refractivity contribution in [1.82, 2.24) is 10.3 Å². The van der Waals surface area contributed by atoms with Crippen LogP contribution < -0.4 is 19.9 Å². The van der Waals surface area contributed by atoms with Gasteiger partial charge in [0.2, 0.25) is 0 Å². The lowest BCUT2D eigenvalue weighted by Gasteiger charge is -2.36. The van der Waals surface area contributed by atoms with Crippen LogP contribution in [-0.2, 0) is 0 Å². The third-order valence-electron chi connectivity index (χ3n) is 4.96. The monoisotopic (exact) mass is 352 g/mol. The largest absolute Gasteiger partial charge is 0.497 e. The first-order chi connectivity index (χ1) is 12.7. The molecule has 1 N–H and O–H groups in total. The van der Waals surface area contributed by atoms with Crippen molar-refractivity contribution in [1.29, 1.82) is 0 Å². The Morgan fingerprint density at radius 1 is 1.08 bits per heavy atom. The SMILES string of the molecule is COc1ccc(N2CCN(c3cc(C(=O)NC4CC4)ccn3)CC2)cc1. The van der Waals surface area contributed by atoms with Gasteiger partial charge in [0.05, 0.1) is 7.11 Å². The molecule has 2 aliphatic rings. The van der Waals surface area contributed by atoms with E-state index in [4.69, 9.17) is 4.74 Å². The Morgan fingerprint density at radius 3 is 2.42 bits per heavy atom. The smallest absolute Gasteiger partial charge is 0.251 e. The predicted molar refractivity (Wildman–Crippen MR) is 102 cm³/mol. The van der Waals surface area contributed by atoms with Crippen LogP contribution in [0.4, 0.5) is 11.5 Å². The highest BCUT2D eigenvalue weighted by molar-refractivity contribution is 5.95. The fourth-order valence-corrected chi connectivity index (χ4v) is 3.22. The molecule has 2 heterocycles. The number of hydrogen-bond donors (Lipinski definition) is 1. The Bertz CT molecular complexity index is 766. The molecule has 6 nitrogen and oxygen atoms in total. The molecule has 2 aromatic rings. The van der Waals surface area contributed by atoms with E-state index in [2.05, 4.69) is 32.2 Å². The number of carbonyl (C=O) groups is 1. The van der Waals surface area contributed by atoms with Crippen molar-refractivity contribution in [2.75, 3.05) is 43.1 Å². The molecule has 0 bridgehead atoms. The van der Waals surface area contributed by atoms with Crippen LogP contribution in [0.2, 0.25) is 0 Å². The maximum absolute atomic E-state index is 12.2. The van der Waals surface area contributed by atoms with Gasteiger partial charge in [-0.05, 0) is 49.2 Å². The van der Waals surface area contributed by atoms with Gasteiger partial charge in [-0.15, -0.1) is 0 Å². The number of anilines is 2. The van der Waals surface area contributed by atoms with Crippen LogP contribution in [0.25, 0.3) is 0 Å². The summed E-state index contributed by atoms with van der Waals surface area (Å²) in [6.07, 6.45) is 3.92. The van der Waals surface area contributed by atoms with Gasteiger partial charge in [-0.2, -0.15) is 0 Å². The number of piperazine rings is 1. The second-order valence-corrected chi connectivity index (χ2v) is 6.82. The maximum Gasteiger partial charge on any atom is 0.251 e. The molecule has 1 amide bonds. The topological polar surface area (TPSA) is 57.7 Å². The summed E-state index contributed by atoms with van der Waals surface area (Å²) in [5, 5.41) is 3.03. The highest BCUT2D eigenvalue weighted by Crippen LogP contribution is 2.23. The predicted octanol–water partition coefficient (Wildman–Crippen LogP) is 2.31. The summed E-state index contributed by atoms with van der Waals surface area (Å²) in [7, 11) is 1.68. The van der Waals surface area contributed by atoms with Crippen molar-refractivity contribution in [2.45, 2.75) is 18.9 Å². The number of hydrogen-bond acceptors (Lipinski definition) is 5. The molecule has 2 fully saturated rings. The van der Waals surface area contributed by atoms with E-state index in [1.54, 1.807) is 19.4 Å². The van der Waals surface area contributed by atoms with Crippen molar-refractivity contribution >= 4 is 17.4 Å². The van der Waals surface area contributed by atoms with E-state index in [0.29, 0.717) is 11.6 Å². The lowest BCUT2D eigenvalue weighted by atomic mass is 10.2. The third kappa shape index (κ3) is 3.74. The first kappa shape index (κ1) is 16.7. The van der Waals surface area contributed by atoms with Gasteiger partial charge in [0.1, 0.15) is 11.6 Å². The molecular weight excluding hydrogens is 328 g/mol. The summed E-state index contributed by atoms with van der Waals surface area (Å²) in [6, 6.07) is 12.2. The Morgan fingerprint density at radius 2 is 1.77 bits per heavy atom. The molecule has 0 unspecified atom stereocenters. The summed E-state index contributed by atoms with van der Waals surface area (Å²) in [6.45, 7) is 3.61. The fourth-order valence-electron chi connectivity index (χ4n) is 3.22.